The maximum atomic E-state index is 13.3. The highest BCUT2D eigenvalue weighted by Crippen LogP contribution is 2.48. The van der Waals surface area contributed by atoms with Gasteiger partial charge in [-0.2, -0.15) is 8.42 Å². The average molecular weight is 361 g/mol. The number of hydrogen-bond acceptors (Lipinski definition) is 3. The standard InChI is InChI=1S/C6H2BrClF4O4S/c7-1-2(9)4(11)6(8,5(12)3(1)10)16-17(13,14)15/h4H,(H,13,14,15). The first-order chi connectivity index (χ1) is 7.50. The molecule has 0 fully saturated rings. The van der Waals surface area contributed by atoms with E-state index in [1.165, 1.54) is 0 Å². The van der Waals surface area contributed by atoms with Crippen molar-refractivity contribution in [2.45, 2.75) is 11.2 Å². The third kappa shape index (κ3) is 2.65. The van der Waals surface area contributed by atoms with Crippen LogP contribution in [0.5, 0.6) is 0 Å². The monoisotopic (exact) mass is 360 g/mol. The molecule has 1 rings (SSSR count). The molecule has 4 nitrogen and oxygen atoms in total. The van der Waals surface area contributed by atoms with Crippen molar-refractivity contribution in [3.63, 3.8) is 0 Å². The average Bonchev–Trinajstić information content (AvgIpc) is 2.19. The summed E-state index contributed by atoms with van der Waals surface area (Å²) in [6, 6.07) is 0. The van der Waals surface area contributed by atoms with Crippen molar-refractivity contribution in [3.8, 4) is 0 Å². The zero-order valence-electron chi connectivity index (χ0n) is 7.43. The zero-order valence-corrected chi connectivity index (χ0v) is 10.6. The molecule has 98 valence electrons. The van der Waals surface area contributed by atoms with Gasteiger partial charge in [0.1, 0.15) is 0 Å². The van der Waals surface area contributed by atoms with Crippen LogP contribution >= 0.6 is 27.5 Å². The van der Waals surface area contributed by atoms with Crippen molar-refractivity contribution in [3.05, 3.63) is 22.0 Å². The van der Waals surface area contributed by atoms with Gasteiger partial charge in [0, 0.05) is 0 Å². The van der Waals surface area contributed by atoms with Crippen LogP contribution in [0.3, 0.4) is 0 Å². The van der Waals surface area contributed by atoms with Crippen molar-refractivity contribution < 1.29 is 34.7 Å². The molecule has 0 spiro atoms. The topological polar surface area (TPSA) is 63.6 Å². The SMILES string of the molecule is O=S(=O)(O)OC1(Cl)C(F)=C(F)C(Br)=C(F)C1F. The van der Waals surface area contributed by atoms with Gasteiger partial charge < -0.3 is 0 Å². The lowest BCUT2D eigenvalue weighted by atomic mass is 10.1. The van der Waals surface area contributed by atoms with Crippen molar-refractivity contribution in [1.82, 2.24) is 0 Å². The third-order valence-corrected chi connectivity index (χ3v) is 3.40. The van der Waals surface area contributed by atoms with Crippen LogP contribution in [0.1, 0.15) is 0 Å². The van der Waals surface area contributed by atoms with Gasteiger partial charge in [0.05, 0.1) is 4.48 Å². The molecule has 17 heavy (non-hydrogen) atoms. The van der Waals surface area contributed by atoms with E-state index >= 15 is 0 Å². The second kappa shape index (κ2) is 4.50. The van der Waals surface area contributed by atoms with Crippen molar-refractivity contribution >= 4 is 37.9 Å². The molecule has 2 unspecified atom stereocenters. The second-order valence-electron chi connectivity index (χ2n) is 2.81. The lowest BCUT2D eigenvalue weighted by Gasteiger charge is -2.29. The third-order valence-electron chi connectivity index (χ3n) is 1.67. The minimum Gasteiger partial charge on any atom is -0.263 e. The molecule has 2 atom stereocenters. The van der Waals surface area contributed by atoms with Crippen molar-refractivity contribution in [2.24, 2.45) is 0 Å². The minimum absolute atomic E-state index is 1.20. The van der Waals surface area contributed by atoms with Crippen LogP contribution in [0.2, 0.25) is 0 Å². The Balaban J connectivity index is 3.37. The number of rotatable bonds is 2. The van der Waals surface area contributed by atoms with E-state index in [0.717, 1.165) is 0 Å². The molecule has 0 aromatic heterocycles. The molecule has 0 aliphatic heterocycles. The van der Waals surface area contributed by atoms with Gasteiger partial charge in [0.2, 0.25) is 6.17 Å². The van der Waals surface area contributed by atoms with Crippen molar-refractivity contribution in [1.29, 1.82) is 0 Å². The van der Waals surface area contributed by atoms with Gasteiger partial charge >= 0.3 is 10.4 Å². The summed E-state index contributed by atoms with van der Waals surface area (Å²) < 4.78 is 83.7. The van der Waals surface area contributed by atoms with Crippen molar-refractivity contribution in [2.75, 3.05) is 0 Å². The molecule has 0 aromatic rings. The zero-order chi connectivity index (χ0) is 13.6. The molecule has 0 radical (unpaired) electrons. The van der Waals surface area contributed by atoms with Crippen LogP contribution < -0.4 is 0 Å². The highest BCUT2D eigenvalue weighted by Gasteiger charge is 2.55. The largest absolute Gasteiger partial charge is 0.399 e. The predicted octanol–water partition coefficient (Wildman–Crippen LogP) is 2.82. The highest BCUT2D eigenvalue weighted by atomic mass is 79.9. The van der Waals surface area contributed by atoms with Crippen LogP contribution in [0.25, 0.3) is 0 Å². The lowest BCUT2D eigenvalue weighted by molar-refractivity contribution is 0.0659. The fourth-order valence-corrected chi connectivity index (χ4v) is 2.23. The van der Waals surface area contributed by atoms with Gasteiger partial charge in [-0.05, 0) is 15.9 Å². The number of allylic oxidation sites excluding steroid dienone is 2. The van der Waals surface area contributed by atoms with Gasteiger partial charge in [0.15, 0.2) is 17.5 Å². The summed E-state index contributed by atoms with van der Waals surface area (Å²) in [4.78, 5) is 0. The van der Waals surface area contributed by atoms with Gasteiger partial charge in [-0.3, -0.25) is 4.55 Å². The Morgan fingerprint density at radius 1 is 1.41 bits per heavy atom. The van der Waals surface area contributed by atoms with E-state index in [2.05, 4.69) is 20.1 Å². The molecule has 0 amide bonds. The van der Waals surface area contributed by atoms with Crippen LogP contribution in [-0.2, 0) is 14.6 Å². The molecule has 0 heterocycles. The van der Waals surface area contributed by atoms with Gasteiger partial charge in [-0.25, -0.2) is 21.7 Å². The first-order valence-corrected chi connectivity index (χ1v) is 6.16. The van der Waals surface area contributed by atoms with Gasteiger partial charge in [-0.1, -0.05) is 11.6 Å². The summed E-state index contributed by atoms with van der Waals surface area (Å²) in [5, 5.41) is -3.65. The quantitative estimate of drug-likeness (QED) is 0.467. The number of alkyl halides is 2. The fourth-order valence-electron chi connectivity index (χ4n) is 0.968. The Labute approximate surface area is 106 Å². The Bertz CT molecular complexity index is 518. The normalized spacial score (nSPS) is 31.1. The molecule has 0 bridgehead atoms. The molecule has 0 saturated carbocycles. The van der Waals surface area contributed by atoms with Crippen LogP contribution in [0.4, 0.5) is 17.6 Å². The van der Waals surface area contributed by atoms with E-state index in [4.69, 9.17) is 16.2 Å². The maximum absolute atomic E-state index is 13.3. The molecule has 1 aliphatic rings. The summed E-state index contributed by atoms with van der Waals surface area (Å²) in [6.07, 6.45) is -3.17. The van der Waals surface area contributed by atoms with Crippen LogP contribution in [0, 0.1) is 0 Å². The van der Waals surface area contributed by atoms with E-state index < -0.39 is 43.6 Å². The van der Waals surface area contributed by atoms with Crippen LogP contribution in [-0.4, -0.2) is 24.2 Å². The molecular weight excluding hydrogens is 359 g/mol. The Hall–Kier alpha value is -0.160. The lowest BCUT2D eigenvalue weighted by Crippen LogP contribution is -2.42. The van der Waals surface area contributed by atoms with E-state index in [1.54, 1.807) is 0 Å². The Morgan fingerprint density at radius 3 is 2.29 bits per heavy atom. The summed E-state index contributed by atoms with van der Waals surface area (Å²) in [6.45, 7) is 0. The summed E-state index contributed by atoms with van der Waals surface area (Å²) in [5.41, 5.74) is 0. The first-order valence-electron chi connectivity index (χ1n) is 3.63. The molecule has 11 heteroatoms. The van der Waals surface area contributed by atoms with E-state index in [9.17, 15) is 26.0 Å². The summed E-state index contributed by atoms with van der Waals surface area (Å²) in [7, 11) is -5.43. The summed E-state index contributed by atoms with van der Waals surface area (Å²) >= 11 is 7.21. The predicted molar refractivity (Wildman–Crippen MR) is 52.4 cm³/mol. The van der Waals surface area contributed by atoms with E-state index in [-0.39, 0.29) is 0 Å². The van der Waals surface area contributed by atoms with Crippen LogP contribution in [0.15, 0.2) is 22.0 Å². The molecule has 1 N–H and O–H groups in total. The van der Waals surface area contributed by atoms with E-state index in [0.29, 0.717) is 0 Å². The Kier molecular flexibility index (Phi) is 3.94. The second-order valence-corrected chi connectivity index (χ2v) is 5.19. The smallest absolute Gasteiger partial charge is 0.263 e. The highest BCUT2D eigenvalue weighted by molar-refractivity contribution is 9.12. The molecule has 0 saturated heterocycles. The maximum Gasteiger partial charge on any atom is 0.399 e. The minimum atomic E-state index is -5.43. The van der Waals surface area contributed by atoms with E-state index in [1.807, 2.05) is 0 Å². The van der Waals surface area contributed by atoms with Gasteiger partial charge in [0.25, 0.3) is 5.06 Å². The van der Waals surface area contributed by atoms with Gasteiger partial charge in [-0.15, -0.1) is 0 Å². The fraction of sp³-hybridized carbons (Fsp3) is 0.333. The first kappa shape index (κ1) is 14.9. The molecular formula is C6H2BrClF4O4S. The number of hydrogen-bond donors (Lipinski definition) is 1. The molecule has 0 aromatic carbocycles. The summed E-state index contributed by atoms with van der Waals surface area (Å²) in [5.74, 6) is -6.12. The number of halogens is 6. The molecule has 1 aliphatic carbocycles. The Morgan fingerprint density at radius 2 is 1.88 bits per heavy atom.